The number of nitrogens with one attached hydrogen (secondary N) is 1. The Hall–Kier alpha value is -1.33. The Morgan fingerprint density at radius 1 is 1.22 bits per heavy atom. The van der Waals surface area contributed by atoms with Crippen molar-refractivity contribution in [2.45, 2.75) is 13.8 Å². The van der Waals surface area contributed by atoms with Gasteiger partial charge in [-0.1, -0.05) is 0 Å². The predicted molar refractivity (Wildman–Crippen MR) is 74.8 cm³/mol. The summed E-state index contributed by atoms with van der Waals surface area (Å²) in [7, 11) is 0. The molecule has 0 bridgehead atoms. The summed E-state index contributed by atoms with van der Waals surface area (Å²) < 4.78 is 2.12. The van der Waals surface area contributed by atoms with Crippen molar-refractivity contribution in [3.05, 3.63) is 23.8 Å². The summed E-state index contributed by atoms with van der Waals surface area (Å²) in [5.74, 6) is 1.01. The van der Waals surface area contributed by atoms with E-state index in [0.29, 0.717) is 0 Å². The van der Waals surface area contributed by atoms with Crippen LogP contribution in [0.25, 0.3) is 5.65 Å². The number of halogens is 1. The zero-order valence-corrected chi connectivity index (χ0v) is 11.5. The average Bonchev–Trinajstić information content (AvgIpc) is 2.72. The molecule has 1 aliphatic heterocycles. The number of imidazole rings is 1. The molecule has 3 heterocycles. The highest BCUT2D eigenvalue weighted by Crippen LogP contribution is 2.20. The summed E-state index contributed by atoms with van der Waals surface area (Å²) in [6.07, 6.45) is 3.95. The second-order valence-corrected chi connectivity index (χ2v) is 4.54. The first kappa shape index (κ1) is 13.1. The van der Waals surface area contributed by atoms with Crippen molar-refractivity contribution < 1.29 is 0 Å². The minimum Gasteiger partial charge on any atom is -0.351 e. The molecule has 3 rings (SSSR count). The van der Waals surface area contributed by atoms with Crippen LogP contribution in [-0.4, -0.2) is 40.5 Å². The molecule has 2 aromatic rings. The van der Waals surface area contributed by atoms with Crippen molar-refractivity contribution in [1.82, 2.24) is 19.7 Å². The average molecular weight is 268 g/mol. The van der Waals surface area contributed by atoms with Gasteiger partial charge in [-0.25, -0.2) is 9.97 Å². The van der Waals surface area contributed by atoms with Gasteiger partial charge in [-0.3, -0.25) is 4.40 Å². The Morgan fingerprint density at radius 2 is 1.94 bits per heavy atom. The van der Waals surface area contributed by atoms with Gasteiger partial charge >= 0.3 is 0 Å². The van der Waals surface area contributed by atoms with Crippen LogP contribution in [0.1, 0.15) is 11.4 Å². The van der Waals surface area contributed by atoms with Crippen LogP contribution in [0.2, 0.25) is 0 Å². The zero-order chi connectivity index (χ0) is 11.8. The molecule has 0 aromatic carbocycles. The van der Waals surface area contributed by atoms with Crippen molar-refractivity contribution in [1.29, 1.82) is 0 Å². The first-order chi connectivity index (χ1) is 8.25. The number of aromatic nitrogens is 3. The third-order valence-corrected chi connectivity index (χ3v) is 3.20. The van der Waals surface area contributed by atoms with E-state index in [-0.39, 0.29) is 12.4 Å². The van der Waals surface area contributed by atoms with Gasteiger partial charge < -0.3 is 10.2 Å². The maximum Gasteiger partial charge on any atom is 0.180 e. The fourth-order valence-electron chi connectivity index (χ4n) is 2.30. The number of aryl methyl sites for hydroxylation is 2. The summed E-state index contributed by atoms with van der Waals surface area (Å²) in [6.45, 7) is 8.13. The van der Waals surface area contributed by atoms with Crippen LogP contribution in [0.5, 0.6) is 0 Å². The molecule has 0 aliphatic carbocycles. The van der Waals surface area contributed by atoms with E-state index in [4.69, 9.17) is 0 Å². The molecule has 1 aliphatic rings. The second-order valence-electron chi connectivity index (χ2n) is 4.54. The molecule has 1 fully saturated rings. The number of nitrogens with zero attached hydrogens (tertiary/aromatic N) is 4. The number of piperazine rings is 1. The SMILES string of the molecule is Cc1cn2c(C)cnc2c(N2CCNCC2)n1.Cl. The maximum absolute atomic E-state index is 4.65. The molecule has 98 valence electrons. The van der Waals surface area contributed by atoms with Gasteiger partial charge in [-0.2, -0.15) is 0 Å². The topological polar surface area (TPSA) is 45.5 Å². The van der Waals surface area contributed by atoms with Gasteiger partial charge in [0.05, 0.1) is 5.69 Å². The molecule has 18 heavy (non-hydrogen) atoms. The molecule has 2 aromatic heterocycles. The Labute approximate surface area is 113 Å². The number of anilines is 1. The Balaban J connectivity index is 0.00000120. The van der Waals surface area contributed by atoms with Crippen LogP contribution in [0, 0.1) is 13.8 Å². The van der Waals surface area contributed by atoms with Crippen molar-refractivity contribution in [2.24, 2.45) is 0 Å². The molecule has 0 radical (unpaired) electrons. The van der Waals surface area contributed by atoms with Crippen LogP contribution in [0.15, 0.2) is 12.4 Å². The maximum atomic E-state index is 4.65. The second kappa shape index (κ2) is 5.12. The first-order valence-corrected chi connectivity index (χ1v) is 6.02. The first-order valence-electron chi connectivity index (χ1n) is 6.02. The molecule has 5 nitrogen and oxygen atoms in total. The van der Waals surface area contributed by atoms with E-state index in [0.717, 1.165) is 49.0 Å². The van der Waals surface area contributed by atoms with Crippen LogP contribution in [0.3, 0.4) is 0 Å². The van der Waals surface area contributed by atoms with Crippen LogP contribution in [0.4, 0.5) is 5.82 Å². The molecule has 0 spiro atoms. The standard InChI is InChI=1S/C12H17N5.ClH/c1-9-8-17-10(2)7-14-11(17)12(15-9)16-5-3-13-4-6-16;/h7-8,13H,3-6H2,1-2H3;1H. The van der Waals surface area contributed by atoms with E-state index in [1.807, 2.05) is 19.3 Å². The van der Waals surface area contributed by atoms with Crippen molar-refractivity contribution in [3.8, 4) is 0 Å². The minimum atomic E-state index is 0. The quantitative estimate of drug-likeness (QED) is 0.843. The minimum absolute atomic E-state index is 0. The number of hydrogen-bond acceptors (Lipinski definition) is 4. The largest absolute Gasteiger partial charge is 0.351 e. The van der Waals surface area contributed by atoms with Gasteiger partial charge in [0, 0.05) is 44.3 Å². The highest BCUT2D eigenvalue weighted by Gasteiger charge is 2.17. The van der Waals surface area contributed by atoms with E-state index in [1.54, 1.807) is 0 Å². The molecule has 0 unspecified atom stereocenters. The van der Waals surface area contributed by atoms with Crippen LogP contribution < -0.4 is 10.2 Å². The summed E-state index contributed by atoms with van der Waals surface area (Å²) in [5, 5.41) is 3.36. The molecular formula is C12H18ClN5. The molecule has 6 heteroatoms. The Kier molecular flexibility index (Phi) is 3.73. The lowest BCUT2D eigenvalue weighted by Crippen LogP contribution is -2.44. The normalized spacial score (nSPS) is 15.8. The molecule has 1 N–H and O–H groups in total. The van der Waals surface area contributed by atoms with Crippen molar-refractivity contribution >= 4 is 23.9 Å². The van der Waals surface area contributed by atoms with E-state index in [1.165, 1.54) is 0 Å². The Bertz CT molecular complexity index is 545. The number of rotatable bonds is 1. The summed E-state index contributed by atoms with van der Waals surface area (Å²) in [6, 6.07) is 0. The van der Waals surface area contributed by atoms with Gasteiger partial charge in [-0.15, -0.1) is 12.4 Å². The third-order valence-electron chi connectivity index (χ3n) is 3.20. The van der Waals surface area contributed by atoms with Gasteiger partial charge in [0.15, 0.2) is 11.5 Å². The fourth-order valence-corrected chi connectivity index (χ4v) is 2.30. The molecule has 0 atom stereocenters. The highest BCUT2D eigenvalue weighted by atomic mass is 35.5. The number of fused-ring (bicyclic) bond motifs is 1. The predicted octanol–water partition coefficient (Wildman–Crippen LogP) is 1.18. The van der Waals surface area contributed by atoms with Crippen LogP contribution >= 0.6 is 12.4 Å². The monoisotopic (exact) mass is 267 g/mol. The molecule has 1 saturated heterocycles. The van der Waals surface area contributed by atoms with Gasteiger partial charge in [0.25, 0.3) is 0 Å². The Morgan fingerprint density at radius 3 is 2.67 bits per heavy atom. The fraction of sp³-hybridized carbons (Fsp3) is 0.500. The lowest BCUT2D eigenvalue weighted by Gasteiger charge is -2.28. The van der Waals surface area contributed by atoms with Crippen LogP contribution in [-0.2, 0) is 0 Å². The van der Waals surface area contributed by atoms with E-state index in [9.17, 15) is 0 Å². The highest BCUT2D eigenvalue weighted by molar-refractivity contribution is 5.85. The van der Waals surface area contributed by atoms with Crippen molar-refractivity contribution in [3.63, 3.8) is 0 Å². The van der Waals surface area contributed by atoms with Crippen molar-refractivity contribution in [2.75, 3.05) is 31.1 Å². The van der Waals surface area contributed by atoms with Gasteiger partial charge in [0.2, 0.25) is 0 Å². The summed E-state index contributed by atoms with van der Waals surface area (Å²) in [5.41, 5.74) is 3.16. The summed E-state index contributed by atoms with van der Waals surface area (Å²) in [4.78, 5) is 11.4. The van der Waals surface area contributed by atoms with E-state index in [2.05, 4.69) is 31.5 Å². The lowest BCUT2D eigenvalue weighted by atomic mass is 10.3. The smallest absolute Gasteiger partial charge is 0.180 e. The third kappa shape index (κ3) is 2.15. The van der Waals surface area contributed by atoms with E-state index >= 15 is 0 Å². The van der Waals surface area contributed by atoms with Gasteiger partial charge in [-0.05, 0) is 13.8 Å². The molecular weight excluding hydrogens is 250 g/mol. The number of hydrogen-bond donors (Lipinski definition) is 1. The molecule has 0 saturated carbocycles. The zero-order valence-electron chi connectivity index (χ0n) is 10.7. The van der Waals surface area contributed by atoms with E-state index < -0.39 is 0 Å². The molecule has 0 amide bonds. The summed E-state index contributed by atoms with van der Waals surface area (Å²) >= 11 is 0. The van der Waals surface area contributed by atoms with Gasteiger partial charge in [0.1, 0.15) is 0 Å². The lowest BCUT2D eigenvalue weighted by molar-refractivity contribution is 0.584.